The van der Waals surface area contributed by atoms with Crippen LogP contribution in [-0.2, 0) is 0 Å². The van der Waals surface area contributed by atoms with Crippen LogP contribution in [-0.4, -0.2) is 17.0 Å². The van der Waals surface area contributed by atoms with E-state index in [0.717, 1.165) is 16.6 Å². The molecule has 0 heterocycles. The second kappa shape index (κ2) is 6.56. The number of aliphatic hydroxyl groups excluding tert-OH is 1. The van der Waals surface area contributed by atoms with Gasteiger partial charge in [-0.1, -0.05) is 32.4 Å². The number of rotatable bonds is 5. The molecule has 0 aliphatic rings. The van der Waals surface area contributed by atoms with Gasteiger partial charge < -0.3 is 5.11 Å². The van der Waals surface area contributed by atoms with Gasteiger partial charge in [-0.25, -0.2) is 0 Å². The Hall–Kier alpha value is 0.01000. The largest absolute Gasteiger partial charge is 0.392 e. The third-order valence-electron chi connectivity index (χ3n) is 2.55. The van der Waals surface area contributed by atoms with Crippen LogP contribution in [0, 0.1) is 5.92 Å². The van der Waals surface area contributed by atoms with E-state index in [1.807, 2.05) is 18.2 Å². The normalized spacial score (nSPS) is 14.9. The van der Waals surface area contributed by atoms with Crippen LogP contribution in [0.25, 0.3) is 0 Å². The maximum absolute atomic E-state index is 9.83. The van der Waals surface area contributed by atoms with Crippen molar-refractivity contribution in [1.82, 2.24) is 0 Å². The van der Waals surface area contributed by atoms with Crippen molar-refractivity contribution in [3.05, 3.63) is 28.7 Å². The van der Waals surface area contributed by atoms with Gasteiger partial charge >= 0.3 is 0 Å². The van der Waals surface area contributed by atoms with Crippen molar-refractivity contribution in [3.8, 4) is 0 Å². The van der Waals surface area contributed by atoms with Gasteiger partial charge in [0.05, 0.1) is 6.10 Å². The molecule has 0 spiro atoms. The predicted molar refractivity (Wildman–Crippen MR) is 70.3 cm³/mol. The highest BCUT2D eigenvalue weighted by atomic mass is 79.9. The third kappa shape index (κ3) is 4.17. The van der Waals surface area contributed by atoms with E-state index < -0.39 is 0 Å². The Bertz CT molecular complexity index is 303. The fourth-order valence-electron chi connectivity index (χ4n) is 1.17. The van der Waals surface area contributed by atoms with Crippen molar-refractivity contribution in [1.29, 1.82) is 0 Å². The van der Waals surface area contributed by atoms with E-state index in [4.69, 9.17) is 0 Å². The minimum absolute atomic E-state index is 0.216. The van der Waals surface area contributed by atoms with Crippen LogP contribution < -0.4 is 0 Å². The molecule has 84 valence electrons. The maximum atomic E-state index is 9.83. The minimum Gasteiger partial charge on any atom is -0.392 e. The summed E-state index contributed by atoms with van der Waals surface area (Å²) in [6.07, 6.45) is 0.810. The summed E-state index contributed by atoms with van der Waals surface area (Å²) >= 11 is 5.20. The Balaban J connectivity index is 2.47. The summed E-state index contributed by atoms with van der Waals surface area (Å²) in [4.78, 5) is 1.19. The number of thioether (sulfide) groups is 1. The first-order valence-electron chi connectivity index (χ1n) is 5.20. The van der Waals surface area contributed by atoms with Crippen molar-refractivity contribution in [2.45, 2.75) is 31.3 Å². The van der Waals surface area contributed by atoms with Crippen LogP contribution >= 0.6 is 27.7 Å². The molecule has 0 aromatic heterocycles. The molecule has 0 aliphatic heterocycles. The summed E-state index contributed by atoms with van der Waals surface area (Å²) in [7, 11) is 0. The molecule has 2 atom stereocenters. The fourth-order valence-corrected chi connectivity index (χ4v) is 2.86. The first-order valence-corrected chi connectivity index (χ1v) is 6.98. The fraction of sp³-hybridized carbons (Fsp3) is 0.500. The first-order chi connectivity index (χ1) is 7.15. The predicted octanol–water partition coefficient (Wildman–Crippen LogP) is 3.95. The van der Waals surface area contributed by atoms with Crippen molar-refractivity contribution in [2.24, 2.45) is 5.92 Å². The van der Waals surface area contributed by atoms with Gasteiger partial charge in [-0.05, 0) is 34.0 Å². The van der Waals surface area contributed by atoms with Gasteiger partial charge in [0.2, 0.25) is 0 Å². The summed E-state index contributed by atoms with van der Waals surface area (Å²) in [5, 5.41) is 9.83. The molecule has 0 fully saturated rings. The van der Waals surface area contributed by atoms with Gasteiger partial charge in [0.1, 0.15) is 0 Å². The second-order valence-corrected chi connectivity index (χ2v) is 5.61. The van der Waals surface area contributed by atoms with E-state index in [0.29, 0.717) is 5.92 Å². The SMILES string of the molecule is CCC(C)C(O)CSc1ccccc1Br. The molecule has 0 saturated carbocycles. The van der Waals surface area contributed by atoms with E-state index >= 15 is 0 Å². The average Bonchev–Trinajstić information content (AvgIpc) is 2.26. The highest BCUT2D eigenvalue weighted by Gasteiger charge is 2.12. The van der Waals surface area contributed by atoms with Crippen LogP contribution in [0.3, 0.4) is 0 Å². The monoisotopic (exact) mass is 288 g/mol. The van der Waals surface area contributed by atoms with Gasteiger partial charge in [-0.3, -0.25) is 0 Å². The lowest BCUT2D eigenvalue weighted by Crippen LogP contribution is -2.19. The lowest BCUT2D eigenvalue weighted by atomic mass is 10.0. The Morgan fingerprint density at radius 2 is 2.07 bits per heavy atom. The van der Waals surface area contributed by atoms with E-state index in [2.05, 4.69) is 35.8 Å². The third-order valence-corrected chi connectivity index (χ3v) is 4.68. The van der Waals surface area contributed by atoms with Crippen molar-refractivity contribution < 1.29 is 5.11 Å². The summed E-state index contributed by atoms with van der Waals surface area (Å²) in [6.45, 7) is 4.20. The molecule has 2 unspecified atom stereocenters. The highest BCUT2D eigenvalue weighted by molar-refractivity contribution is 9.10. The number of benzene rings is 1. The Morgan fingerprint density at radius 1 is 1.40 bits per heavy atom. The lowest BCUT2D eigenvalue weighted by molar-refractivity contribution is 0.137. The zero-order chi connectivity index (χ0) is 11.3. The second-order valence-electron chi connectivity index (χ2n) is 3.69. The van der Waals surface area contributed by atoms with E-state index in [9.17, 15) is 5.11 Å². The van der Waals surface area contributed by atoms with E-state index in [1.54, 1.807) is 11.8 Å². The smallest absolute Gasteiger partial charge is 0.0659 e. The van der Waals surface area contributed by atoms with Crippen LogP contribution in [0.15, 0.2) is 33.6 Å². The van der Waals surface area contributed by atoms with Crippen LogP contribution in [0.1, 0.15) is 20.3 Å². The molecule has 0 saturated heterocycles. The standard InChI is InChI=1S/C12H17BrOS/c1-3-9(2)11(14)8-15-12-7-5-4-6-10(12)13/h4-7,9,11,14H,3,8H2,1-2H3. The molecule has 0 radical (unpaired) electrons. The van der Waals surface area contributed by atoms with Crippen molar-refractivity contribution in [2.75, 3.05) is 5.75 Å². The average molecular weight is 289 g/mol. The van der Waals surface area contributed by atoms with Gasteiger partial charge in [0.25, 0.3) is 0 Å². The molecule has 0 aliphatic carbocycles. The molecule has 1 N–H and O–H groups in total. The number of aliphatic hydroxyl groups is 1. The van der Waals surface area contributed by atoms with E-state index in [1.165, 1.54) is 4.90 Å². The molecule has 0 bridgehead atoms. The van der Waals surface area contributed by atoms with Gasteiger partial charge in [-0.2, -0.15) is 0 Å². The van der Waals surface area contributed by atoms with Crippen molar-refractivity contribution >= 4 is 27.7 Å². The Morgan fingerprint density at radius 3 is 2.67 bits per heavy atom. The highest BCUT2D eigenvalue weighted by Crippen LogP contribution is 2.28. The number of hydrogen-bond donors (Lipinski definition) is 1. The number of halogens is 1. The van der Waals surface area contributed by atoms with Gasteiger partial charge in [0.15, 0.2) is 0 Å². The zero-order valence-electron chi connectivity index (χ0n) is 9.11. The molecular weight excluding hydrogens is 272 g/mol. The van der Waals surface area contributed by atoms with E-state index in [-0.39, 0.29) is 6.10 Å². The lowest BCUT2D eigenvalue weighted by Gasteiger charge is -2.16. The van der Waals surface area contributed by atoms with Gasteiger partial charge in [0, 0.05) is 15.1 Å². The van der Waals surface area contributed by atoms with Crippen molar-refractivity contribution in [3.63, 3.8) is 0 Å². The first kappa shape index (κ1) is 13.1. The Labute approximate surface area is 104 Å². The summed E-state index contributed by atoms with van der Waals surface area (Å²) in [6, 6.07) is 8.11. The van der Waals surface area contributed by atoms with Gasteiger partial charge in [-0.15, -0.1) is 11.8 Å². The zero-order valence-corrected chi connectivity index (χ0v) is 11.5. The number of hydrogen-bond acceptors (Lipinski definition) is 2. The summed E-state index contributed by atoms with van der Waals surface area (Å²) < 4.78 is 1.10. The van der Waals surface area contributed by atoms with Crippen LogP contribution in [0.4, 0.5) is 0 Å². The van der Waals surface area contributed by atoms with Crippen LogP contribution in [0.2, 0.25) is 0 Å². The molecule has 3 heteroatoms. The quantitative estimate of drug-likeness (QED) is 0.828. The Kier molecular flexibility index (Phi) is 5.72. The molecule has 1 aromatic rings. The molecule has 1 nitrogen and oxygen atoms in total. The molecule has 15 heavy (non-hydrogen) atoms. The molecular formula is C12H17BrOS. The topological polar surface area (TPSA) is 20.2 Å². The summed E-state index contributed by atoms with van der Waals surface area (Å²) in [5.41, 5.74) is 0. The molecule has 0 amide bonds. The van der Waals surface area contributed by atoms with Crippen LogP contribution in [0.5, 0.6) is 0 Å². The molecule has 1 aromatic carbocycles. The maximum Gasteiger partial charge on any atom is 0.0659 e. The minimum atomic E-state index is -0.216. The molecule has 1 rings (SSSR count). The summed E-state index contributed by atoms with van der Waals surface area (Å²) in [5.74, 6) is 1.14.